The van der Waals surface area contributed by atoms with Crippen LogP contribution in [0.1, 0.15) is 11.1 Å². The number of aromatic nitrogens is 1. The first-order chi connectivity index (χ1) is 11.7. The molecule has 0 unspecified atom stereocenters. The van der Waals surface area contributed by atoms with Crippen LogP contribution in [-0.4, -0.2) is 4.98 Å². The number of benzene rings is 3. The molecule has 4 aromatic rings. The first-order valence-corrected chi connectivity index (χ1v) is 8.17. The van der Waals surface area contributed by atoms with E-state index in [4.69, 9.17) is 0 Å². The highest BCUT2D eigenvalue weighted by molar-refractivity contribution is 5.81. The quantitative estimate of drug-likeness (QED) is 0.407. The molecule has 0 aliphatic heterocycles. The van der Waals surface area contributed by atoms with Crippen LogP contribution < -0.4 is 0 Å². The average molecular weight is 311 g/mol. The topological polar surface area (TPSA) is 12.9 Å². The number of hydrogen-bond donors (Lipinski definition) is 0. The van der Waals surface area contributed by atoms with Crippen LogP contribution in [0.2, 0.25) is 0 Å². The van der Waals surface area contributed by atoms with Crippen LogP contribution in [0.15, 0.2) is 91.0 Å². The predicted octanol–water partition coefficient (Wildman–Crippen LogP) is 6.21. The number of hydrogen-bond acceptors (Lipinski definition) is 1. The van der Waals surface area contributed by atoms with Gasteiger partial charge in [-0.1, -0.05) is 78.9 Å². The Bertz CT molecular complexity index is 905. The van der Waals surface area contributed by atoms with Crippen molar-refractivity contribution in [2.75, 3.05) is 0 Å². The van der Waals surface area contributed by atoms with Crippen LogP contribution in [-0.2, 0) is 0 Å². The Balaban J connectivity index is 0.000000179. The molecule has 0 spiro atoms. The maximum atomic E-state index is 4.65. The zero-order valence-corrected chi connectivity index (χ0v) is 14.1. The van der Waals surface area contributed by atoms with Crippen molar-refractivity contribution in [3.05, 3.63) is 102 Å². The van der Waals surface area contributed by atoms with Crippen molar-refractivity contribution in [3.8, 4) is 11.3 Å². The summed E-state index contributed by atoms with van der Waals surface area (Å²) in [6.07, 6.45) is 0. The summed E-state index contributed by atoms with van der Waals surface area (Å²) in [5.74, 6) is 0. The van der Waals surface area contributed by atoms with Gasteiger partial charge in [-0.15, -0.1) is 0 Å². The van der Waals surface area contributed by atoms with Gasteiger partial charge in [0.15, 0.2) is 0 Å². The molecule has 0 radical (unpaired) electrons. The van der Waals surface area contributed by atoms with Gasteiger partial charge in [-0.2, -0.15) is 0 Å². The number of aryl methyl sites for hydroxylation is 2. The molecule has 1 aromatic heterocycles. The molecule has 1 heteroatoms. The Morgan fingerprint density at radius 3 is 1.79 bits per heavy atom. The SMILES string of the molecule is Cc1ccccc1C.c1ccc(-c2ccc3ccccc3n2)cc1. The van der Waals surface area contributed by atoms with Crippen molar-refractivity contribution in [1.82, 2.24) is 4.98 Å². The van der Waals surface area contributed by atoms with Crippen LogP contribution >= 0.6 is 0 Å². The van der Waals surface area contributed by atoms with Gasteiger partial charge in [-0.25, -0.2) is 4.98 Å². The third kappa shape index (κ3) is 3.88. The second-order valence-corrected chi connectivity index (χ2v) is 5.84. The van der Waals surface area contributed by atoms with Gasteiger partial charge in [0.2, 0.25) is 0 Å². The molecule has 0 atom stereocenters. The molecule has 0 amide bonds. The van der Waals surface area contributed by atoms with Crippen LogP contribution in [0.3, 0.4) is 0 Å². The highest BCUT2D eigenvalue weighted by atomic mass is 14.7. The number of para-hydroxylation sites is 1. The molecule has 118 valence electrons. The molecule has 0 N–H and O–H groups in total. The molecule has 0 fully saturated rings. The molecule has 1 heterocycles. The standard InChI is InChI=1S/C15H11N.C8H10/c1-2-6-12(7-3-1)15-11-10-13-8-4-5-9-14(13)16-15;1-7-5-3-4-6-8(7)2/h1-11H;3-6H,1-2H3. The Hall–Kier alpha value is -2.93. The van der Waals surface area contributed by atoms with E-state index >= 15 is 0 Å². The lowest BCUT2D eigenvalue weighted by molar-refractivity contribution is 1.34. The van der Waals surface area contributed by atoms with Crippen molar-refractivity contribution >= 4 is 10.9 Å². The fraction of sp³-hybridized carbons (Fsp3) is 0.0870. The monoisotopic (exact) mass is 311 g/mol. The molecular weight excluding hydrogens is 290 g/mol. The lowest BCUT2D eigenvalue weighted by atomic mass is 10.1. The largest absolute Gasteiger partial charge is 0.248 e. The van der Waals surface area contributed by atoms with Gasteiger partial charge in [0, 0.05) is 10.9 Å². The maximum absolute atomic E-state index is 4.65. The Morgan fingerprint density at radius 1 is 0.542 bits per heavy atom. The van der Waals surface area contributed by atoms with E-state index in [9.17, 15) is 0 Å². The van der Waals surface area contributed by atoms with Gasteiger partial charge in [-0.3, -0.25) is 0 Å². The Labute approximate surface area is 143 Å². The van der Waals surface area contributed by atoms with E-state index in [1.54, 1.807) is 0 Å². The minimum atomic E-state index is 1.03. The third-order valence-electron chi connectivity index (χ3n) is 4.09. The first-order valence-electron chi connectivity index (χ1n) is 8.17. The third-order valence-corrected chi connectivity index (χ3v) is 4.09. The van der Waals surface area contributed by atoms with E-state index in [0.717, 1.165) is 16.8 Å². The van der Waals surface area contributed by atoms with Gasteiger partial charge in [0.1, 0.15) is 0 Å². The van der Waals surface area contributed by atoms with Crippen molar-refractivity contribution in [2.24, 2.45) is 0 Å². The smallest absolute Gasteiger partial charge is 0.0709 e. The maximum Gasteiger partial charge on any atom is 0.0709 e. The van der Waals surface area contributed by atoms with Crippen LogP contribution in [0, 0.1) is 13.8 Å². The summed E-state index contributed by atoms with van der Waals surface area (Å²) < 4.78 is 0. The summed E-state index contributed by atoms with van der Waals surface area (Å²) in [4.78, 5) is 4.65. The molecule has 3 aromatic carbocycles. The first kappa shape index (κ1) is 15.9. The predicted molar refractivity (Wildman–Crippen MR) is 103 cm³/mol. The summed E-state index contributed by atoms with van der Waals surface area (Å²) in [5, 5.41) is 1.18. The van der Waals surface area contributed by atoms with Crippen molar-refractivity contribution < 1.29 is 0 Å². The lowest BCUT2D eigenvalue weighted by Gasteiger charge is -2.02. The van der Waals surface area contributed by atoms with Gasteiger partial charge >= 0.3 is 0 Å². The molecule has 0 aliphatic rings. The second-order valence-electron chi connectivity index (χ2n) is 5.84. The zero-order chi connectivity index (χ0) is 16.8. The van der Waals surface area contributed by atoms with Crippen molar-refractivity contribution in [1.29, 1.82) is 0 Å². The summed E-state index contributed by atoms with van der Waals surface area (Å²) in [6, 6.07) is 31.0. The summed E-state index contributed by atoms with van der Waals surface area (Å²) >= 11 is 0. The van der Waals surface area contributed by atoms with Crippen molar-refractivity contribution in [3.63, 3.8) is 0 Å². The van der Waals surface area contributed by atoms with E-state index in [1.165, 1.54) is 16.5 Å². The van der Waals surface area contributed by atoms with Crippen LogP contribution in [0.25, 0.3) is 22.2 Å². The fourth-order valence-electron chi connectivity index (χ4n) is 2.50. The molecule has 4 rings (SSSR count). The highest BCUT2D eigenvalue weighted by Gasteiger charge is 1.99. The molecular formula is C23H21N. The highest BCUT2D eigenvalue weighted by Crippen LogP contribution is 2.20. The number of pyridine rings is 1. The summed E-state index contributed by atoms with van der Waals surface area (Å²) in [7, 11) is 0. The van der Waals surface area contributed by atoms with Gasteiger partial charge in [-0.05, 0) is 37.1 Å². The molecule has 1 nitrogen and oxygen atoms in total. The summed E-state index contributed by atoms with van der Waals surface area (Å²) in [5.41, 5.74) is 5.97. The van der Waals surface area contributed by atoms with Crippen LogP contribution in [0.4, 0.5) is 0 Å². The lowest BCUT2D eigenvalue weighted by Crippen LogP contribution is -1.84. The van der Waals surface area contributed by atoms with E-state index in [0.29, 0.717) is 0 Å². The van der Waals surface area contributed by atoms with E-state index in [-0.39, 0.29) is 0 Å². The number of rotatable bonds is 1. The number of fused-ring (bicyclic) bond motifs is 1. The van der Waals surface area contributed by atoms with E-state index < -0.39 is 0 Å². The number of nitrogens with zero attached hydrogens (tertiary/aromatic N) is 1. The summed E-state index contributed by atoms with van der Waals surface area (Å²) in [6.45, 7) is 4.24. The van der Waals surface area contributed by atoms with E-state index in [2.05, 4.69) is 73.4 Å². The van der Waals surface area contributed by atoms with Crippen molar-refractivity contribution in [2.45, 2.75) is 13.8 Å². The second kappa shape index (κ2) is 7.56. The zero-order valence-electron chi connectivity index (χ0n) is 14.1. The van der Waals surface area contributed by atoms with Gasteiger partial charge < -0.3 is 0 Å². The van der Waals surface area contributed by atoms with Gasteiger partial charge in [0.25, 0.3) is 0 Å². The van der Waals surface area contributed by atoms with Gasteiger partial charge in [0.05, 0.1) is 11.2 Å². The van der Waals surface area contributed by atoms with Crippen LogP contribution in [0.5, 0.6) is 0 Å². The molecule has 0 saturated carbocycles. The molecule has 0 saturated heterocycles. The molecule has 0 aliphatic carbocycles. The molecule has 24 heavy (non-hydrogen) atoms. The Kier molecular flexibility index (Phi) is 5.02. The normalized spacial score (nSPS) is 10.1. The minimum Gasteiger partial charge on any atom is -0.248 e. The fourth-order valence-corrected chi connectivity index (χ4v) is 2.50. The minimum absolute atomic E-state index is 1.03. The molecule has 0 bridgehead atoms. The Morgan fingerprint density at radius 2 is 1.12 bits per heavy atom. The average Bonchev–Trinajstić information content (AvgIpc) is 2.65. The van der Waals surface area contributed by atoms with E-state index in [1.807, 2.05) is 36.4 Å².